The van der Waals surface area contributed by atoms with E-state index in [1.165, 1.54) is 24.2 Å². The number of carbonyl (C=O) groups excluding carboxylic acids is 1. The molecule has 0 aliphatic heterocycles. The number of nitrogen functional groups attached to an aromatic ring is 1. The number of aryl methyl sites for hydroxylation is 2. The van der Waals surface area contributed by atoms with E-state index in [0.29, 0.717) is 16.5 Å². The van der Waals surface area contributed by atoms with E-state index in [1.807, 2.05) is 14.0 Å². The Bertz CT molecular complexity index is 653. The summed E-state index contributed by atoms with van der Waals surface area (Å²) in [6.45, 7) is 3.98. The molecule has 0 aromatic carbocycles. The van der Waals surface area contributed by atoms with Crippen molar-refractivity contribution < 1.29 is 4.79 Å². The number of fused-ring (bicyclic) bond motifs is 1. The molecule has 3 N–H and O–H groups in total. The maximum absolute atomic E-state index is 12.3. The van der Waals surface area contributed by atoms with Gasteiger partial charge in [-0.05, 0) is 32.6 Å². The maximum atomic E-state index is 12.3. The molecule has 1 atom stereocenters. The summed E-state index contributed by atoms with van der Waals surface area (Å²) in [4.78, 5) is 13.9. The Kier molecular flexibility index (Phi) is 2.78. The van der Waals surface area contributed by atoms with Gasteiger partial charge in [-0.3, -0.25) is 9.48 Å². The van der Waals surface area contributed by atoms with E-state index in [-0.39, 0.29) is 11.9 Å². The second-order valence-corrected chi connectivity index (χ2v) is 6.33. The average Bonchev–Trinajstić information content (AvgIpc) is 3.07. The molecular weight excluding hydrogens is 260 g/mol. The summed E-state index contributed by atoms with van der Waals surface area (Å²) in [5, 5.41) is 8.29. The highest BCUT2D eigenvalue weighted by atomic mass is 32.1. The number of carbonyl (C=O) groups is 1. The summed E-state index contributed by atoms with van der Waals surface area (Å²) in [6.07, 6.45) is 2.43. The molecule has 2 aromatic heterocycles. The van der Waals surface area contributed by atoms with Crippen LogP contribution < -0.4 is 11.1 Å². The van der Waals surface area contributed by atoms with Crippen molar-refractivity contribution in [3.63, 3.8) is 0 Å². The predicted octanol–water partition coefficient (Wildman–Crippen LogP) is 2.05. The summed E-state index contributed by atoms with van der Waals surface area (Å²) in [7, 11) is 1.87. The number of anilines is 1. The molecule has 0 saturated heterocycles. The second-order valence-electron chi connectivity index (χ2n) is 5.33. The molecule has 1 unspecified atom stereocenters. The lowest BCUT2D eigenvalue weighted by atomic mass is 10.2. The van der Waals surface area contributed by atoms with Crippen LogP contribution in [0.4, 0.5) is 5.69 Å². The third kappa shape index (κ3) is 2.00. The fourth-order valence-electron chi connectivity index (χ4n) is 2.48. The first-order valence-electron chi connectivity index (χ1n) is 6.51. The number of hydrogen-bond donors (Lipinski definition) is 2. The number of nitrogens with one attached hydrogen (secondary N) is 1. The van der Waals surface area contributed by atoms with Crippen molar-refractivity contribution >= 4 is 33.1 Å². The van der Waals surface area contributed by atoms with Gasteiger partial charge in [0.1, 0.15) is 9.71 Å². The third-order valence-corrected chi connectivity index (χ3v) is 5.05. The smallest absolute Gasteiger partial charge is 0.263 e. The van der Waals surface area contributed by atoms with E-state index in [4.69, 9.17) is 5.73 Å². The van der Waals surface area contributed by atoms with E-state index in [0.717, 1.165) is 15.9 Å². The molecule has 1 fully saturated rings. The Balaban J connectivity index is 1.93. The quantitative estimate of drug-likeness (QED) is 0.902. The van der Waals surface area contributed by atoms with Crippen LogP contribution in [0.2, 0.25) is 0 Å². The number of amides is 1. The Morgan fingerprint density at radius 2 is 2.26 bits per heavy atom. The molecule has 1 aliphatic rings. The number of thiophene rings is 1. The minimum atomic E-state index is -0.0579. The molecule has 0 bridgehead atoms. The molecule has 0 radical (unpaired) electrons. The third-order valence-electron chi connectivity index (χ3n) is 3.78. The summed E-state index contributed by atoms with van der Waals surface area (Å²) < 4.78 is 1.78. The predicted molar refractivity (Wildman–Crippen MR) is 77.4 cm³/mol. The van der Waals surface area contributed by atoms with Crippen LogP contribution in [0.25, 0.3) is 10.2 Å². The van der Waals surface area contributed by atoms with E-state index in [9.17, 15) is 4.79 Å². The van der Waals surface area contributed by atoms with Gasteiger partial charge in [0.15, 0.2) is 0 Å². The van der Waals surface area contributed by atoms with Crippen LogP contribution >= 0.6 is 11.3 Å². The first kappa shape index (κ1) is 12.5. The number of nitrogens with zero attached hydrogens (tertiary/aromatic N) is 2. The van der Waals surface area contributed by atoms with Gasteiger partial charge in [0.25, 0.3) is 5.91 Å². The lowest BCUT2D eigenvalue weighted by Gasteiger charge is -2.12. The number of rotatable bonds is 3. The van der Waals surface area contributed by atoms with Gasteiger partial charge in [0.2, 0.25) is 0 Å². The topological polar surface area (TPSA) is 72.9 Å². The first-order valence-corrected chi connectivity index (χ1v) is 7.33. The lowest BCUT2D eigenvalue weighted by Crippen LogP contribution is -2.33. The molecular formula is C13H18N4OS. The maximum Gasteiger partial charge on any atom is 0.263 e. The Morgan fingerprint density at radius 3 is 2.84 bits per heavy atom. The van der Waals surface area contributed by atoms with Crippen molar-refractivity contribution in [3.05, 3.63) is 10.6 Å². The molecule has 2 aromatic rings. The van der Waals surface area contributed by atoms with E-state index in [1.54, 1.807) is 4.68 Å². The van der Waals surface area contributed by atoms with Crippen molar-refractivity contribution in [1.29, 1.82) is 0 Å². The fourth-order valence-corrected chi connectivity index (χ4v) is 3.57. The second kappa shape index (κ2) is 4.23. The van der Waals surface area contributed by atoms with Crippen molar-refractivity contribution in [2.45, 2.75) is 32.7 Å². The minimum Gasteiger partial charge on any atom is -0.397 e. The fraction of sp³-hybridized carbons (Fsp3) is 0.538. The van der Waals surface area contributed by atoms with Crippen LogP contribution in [-0.4, -0.2) is 21.7 Å². The molecule has 6 heteroatoms. The van der Waals surface area contributed by atoms with Crippen molar-refractivity contribution in [2.24, 2.45) is 13.0 Å². The summed E-state index contributed by atoms with van der Waals surface area (Å²) in [5.41, 5.74) is 7.55. The van der Waals surface area contributed by atoms with Gasteiger partial charge >= 0.3 is 0 Å². The van der Waals surface area contributed by atoms with Crippen LogP contribution in [0.3, 0.4) is 0 Å². The largest absolute Gasteiger partial charge is 0.397 e. The van der Waals surface area contributed by atoms with Gasteiger partial charge < -0.3 is 11.1 Å². The Morgan fingerprint density at radius 1 is 1.58 bits per heavy atom. The highest BCUT2D eigenvalue weighted by Gasteiger charge is 2.30. The Hall–Kier alpha value is -1.56. The standard InChI is InChI=1S/C13H18N4OS/c1-6(8-4-5-8)15-12(18)11-10(14)9-7(2)16-17(3)13(9)19-11/h6,8H,4-5,14H2,1-3H3,(H,15,18). The molecule has 102 valence electrons. The highest BCUT2D eigenvalue weighted by Crippen LogP contribution is 2.36. The van der Waals surface area contributed by atoms with Gasteiger partial charge in [-0.1, -0.05) is 0 Å². The molecule has 0 spiro atoms. The summed E-state index contributed by atoms with van der Waals surface area (Å²) in [5.74, 6) is 0.584. The van der Waals surface area contributed by atoms with Crippen LogP contribution in [0.1, 0.15) is 35.1 Å². The molecule has 1 amide bonds. The molecule has 5 nitrogen and oxygen atoms in total. The normalized spacial score (nSPS) is 16.8. The minimum absolute atomic E-state index is 0.0579. The van der Waals surface area contributed by atoms with Gasteiger partial charge in [-0.25, -0.2) is 0 Å². The van der Waals surface area contributed by atoms with Gasteiger partial charge in [-0.2, -0.15) is 5.10 Å². The van der Waals surface area contributed by atoms with Crippen molar-refractivity contribution in [1.82, 2.24) is 15.1 Å². The number of nitrogens with two attached hydrogens (primary N) is 1. The summed E-state index contributed by atoms with van der Waals surface area (Å²) >= 11 is 1.42. The van der Waals surface area contributed by atoms with Gasteiger partial charge in [0.05, 0.1) is 16.8 Å². The number of hydrogen-bond acceptors (Lipinski definition) is 4. The van der Waals surface area contributed by atoms with Gasteiger partial charge in [0, 0.05) is 13.1 Å². The molecule has 2 heterocycles. The van der Waals surface area contributed by atoms with Crippen LogP contribution in [-0.2, 0) is 7.05 Å². The molecule has 19 heavy (non-hydrogen) atoms. The summed E-state index contributed by atoms with van der Waals surface area (Å²) in [6, 6.07) is 0.233. The molecule has 1 saturated carbocycles. The SMILES string of the molecule is Cc1nn(C)c2sc(C(=O)NC(C)C3CC3)c(N)c12. The Labute approximate surface area is 115 Å². The number of aromatic nitrogens is 2. The van der Waals surface area contributed by atoms with Crippen LogP contribution in [0.15, 0.2) is 0 Å². The van der Waals surface area contributed by atoms with Gasteiger partial charge in [-0.15, -0.1) is 11.3 Å². The van der Waals surface area contributed by atoms with Crippen molar-refractivity contribution in [3.8, 4) is 0 Å². The molecule has 3 rings (SSSR count). The monoisotopic (exact) mass is 278 g/mol. The highest BCUT2D eigenvalue weighted by molar-refractivity contribution is 7.21. The average molecular weight is 278 g/mol. The lowest BCUT2D eigenvalue weighted by molar-refractivity contribution is 0.0941. The zero-order valence-corrected chi connectivity index (χ0v) is 12.2. The van der Waals surface area contributed by atoms with Crippen LogP contribution in [0, 0.1) is 12.8 Å². The molecule has 1 aliphatic carbocycles. The van der Waals surface area contributed by atoms with E-state index in [2.05, 4.69) is 17.3 Å². The zero-order chi connectivity index (χ0) is 13.7. The van der Waals surface area contributed by atoms with Crippen LogP contribution in [0.5, 0.6) is 0 Å². The van der Waals surface area contributed by atoms with E-state index >= 15 is 0 Å². The zero-order valence-electron chi connectivity index (χ0n) is 11.4. The van der Waals surface area contributed by atoms with E-state index < -0.39 is 0 Å². The van der Waals surface area contributed by atoms with Crippen molar-refractivity contribution in [2.75, 3.05) is 5.73 Å². The first-order chi connectivity index (χ1) is 8.99.